The van der Waals surface area contributed by atoms with Gasteiger partial charge in [-0.3, -0.25) is 0 Å². The minimum atomic E-state index is 0.582. The third-order valence-corrected chi connectivity index (χ3v) is 12.5. The van der Waals surface area contributed by atoms with Crippen LogP contribution in [0.1, 0.15) is 0 Å². The maximum atomic E-state index is 8.46. The molecule has 0 unspecified atom stereocenters. The van der Waals surface area contributed by atoms with E-state index in [2.05, 4.69) is 157 Å². The molecule has 0 saturated carbocycles. The lowest BCUT2D eigenvalue weighted by Crippen LogP contribution is -2.00. The fourth-order valence-electron chi connectivity index (χ4n) is 9.51. The molecular formula is C60H36N4. The molecule has 4 nitrogen and oxygen atoms in total. The van der Waals surface area contributed by atoms with Crippen LogP contribution in [0.5, 0.6) is 0 Å². The topological polar surface area (TPSA) is 43.0 Å². The zero-order chi connectivity index (χ0) is 42.6. The fourth-order valence-corrected chi connectivity index (χ4v) is 9.51. The van der Waals surface area contributed by atoms with E-state index in [4.69, 9.17) is 21.5 Å². The summed E-state index contributed by atoms with van der Waals surface area (Å²) in [6.45, 7) is 8.46. The summed E-state index contributed by atoms with van der Waals surface area (Å²) in [7, 11) is 0. The first-order valence-corrected chi connectivity index (χ1v) is 21.5. The quantitative estimate of drug-likeness (QED) is 0.151. The lowest BCUT2D eigenvalue weighted by Gasteiger charge is -2.17. The molecule has 0 bridgehead atoms. The van der Waals surface area contributed by atoms with Crippen LogP contribution in [-0.2, 0) is 0 Å². The zero-order valence-corrected chi connectivity index (χ0v) is 34.6. The van der Waals surface area contributed by atoms with Crippen molar-refractivity contribution in [1.29, 1.82) is 0 Å². The largest absolute Gasteiger partial charge is 0.237 e. The predicted octanol–water partition coefficient (Wildman–Crippen LogP) is 16.0. The van der Waals surface area contributed by atoms with Crippen LogP contribution in [-0.4, -0.2) is 15.0 Å². The van der Waals surface area contributed by atoms with Crippen molar-refractivity contribution in [2.75, 3.05) is 0 Å². The molecule has 1 aliphatic carbocycles. The highest BCUT2D eigenvalue weighted by molar-refractivity contribution is 6.16. The van der Waals surface area contributed by atoms with E-state index < -0.39 is 0 Å². The molecule has 0 fully saturated rings. The van der Waals surface area contributed by atoms with Crippen molar-refractivity contribution in [2.45, 2.75) is 0 Å². The summed E-state index contributed by atoms with van der Waals surface area (Å²) in [5.41, 5.74) is 16.7. The molecular weight excluding hydrogens is 777 g/mol. The van der Waals surface area contributed by atoms with E-state index in [1.165, 1.54) is 33.0 Å². The highest BCUT2D eigenvalue weighted by atomic mass is 15.0. The van der Waals surface area contributed by atoms with Crippen LogP contribution in [0.15, 0.2) is 218 Å². The summed E-state index contributed by atoms with van der Waals surface area (Å²) in [5.74, 6) is 1.81. The van der Waals surface area contributed by atoms with Crippen LogP contribution in [0, 0.1) is 6.57 Å². The highest BCUT2D eigenvalue weighted by Gasteiger charge is 2.23. The standard InChI is InChI=1S/C60H36N4/c1-61-56-37-42(41-21-11-22-44(35-41)59-62-58(40-16-3-2-4-17-40)63-60(64-59)54-30-12-18-38-15-5-6-23-45(38)54)31-34-51(56)49-27-10-9-26-48(49)47-25-8-7-24-46(47)43-32-33-50-52-28-13-19-39-20-14-29-53(57(39)52)55(50)36-43/h2-37H. The van der Waals surface area contributed by atoms with Crippen molar-refractivity contribution in [3.05, 3.63) is 230 Å². The normalized spacial score (nSPS) is 11.4. The lowest BCUT2D eigenvalue weighted by molar-refractivity contribution is 1.08. The first kappa shape index (κ1) is 37.0. The maximum Gasteiger partial charge on any atom is 0.195 e. The minimum Gasteiger partial charge on any atom is -0.237 e. The minimum absolute atomic E-state index is 0.582. The molecule has 1 aromatic heterocycles. The second-order valence-electron chi connectivity index (χ2n) is 16.2. The summed E-state index contributed by atoms with van der Waals surface area (Å²) >= 11 is 0. The van der Waals surface area contributed by atoms with Gasteiger partial charge in [0.15, 0.2) is 23.2 Å². The summed E-state index contributed by atoms with van der Waals surface area (Å²) in [6, 6.07) is 76.2. The van der Waals surface area contributed by atoms with E-state index in [-0.39, 0.29) is 0 Å². The van der Waals surface area contributed by atoms with Gasteiger partial charge in [-0.05, 0) is 107 Å². The van der Waals surface area contributed by atoms with Gasteiger partial charge in [0.25, 0.3) is 0 Å². The lowest BCUT2D eigenvalue weighted by atomic mass is 9.87. The van der Waals surface area contributed by atoms with Gasteiger partial charge < -0.3 is 0 Å². The van der Waals surface area contributed by atoms with Crippen molar-refractivity contribution < 1.29 is 0 Å². The SMILES string of the molecule is [C-]#[N+]c1cc(-c2cccc(-c3nc(-c4ccccc4)nc(-c4cccc5ccccc45)n3)c2)ccc1-c1ccccc1-c1ccccc1-c1ccc2c(c1)-c1cccc3cccc-2c13. The number of fused-ring (bicyclic) bond motifs is 4. The summed E-state index contributed by atoms with van der Waals surface area (Å²) < 4.78 is 0. The van der Waals surface area contributed by atoms with E-state index >= 15 is 0 Å². The zero-order valence-electron chi connectivity index (χ0n) is 34.6. The summed E-state index contributed by atoms with van der Waals surface area (Å²) in [6.07, 6.45) is 0. The van der Waals surface area contributed by atoms with Gasteiger partial charge in [0.05, 0.1) is 6.57 Å². The Morgan fingerprint density at radius 2 is 0.766 bits per heavy atom. The number of aromatic nitrogens is 3. The Bertz CT molecular complexity index is 3680. The van der Waals surface area contributed by atoms with Gasteiger partial charge in [0.2, 0.25) is 0 Å². The molecule has 0 N–H and O–H groups in total. The predicted molar refractivity (Wildman–Crippen MR) is 264 cm³/mol. The van der Waals surface area contributed by atoms with E-state index in [1.54, 1.807) is 0 Å². The number of benzene rings is 10. The second kappa shape index (κ2) is 15.3. The highest BCUT2D eigenvalue weighted by Crippen LogP contribution is 2.49. The van der Waals surface area contributed by atoms with Crippen molar-refractivity contribution in [3.63, 3.8) is 0 Å². The Balaban J connectivity index is 0.924. The van der Waals surface area contributed by atoms with Crippen LogP contribution in [0.4, 0.5) is 5.69 Å². The molecule has 296 valence electrons. The van der Waals surface area contributed by atoms with E-state index in [9.17, 15) is 0 Å². The Hall–Kier alpha value is -8.78. The molecule has 1 aliphatic rings. The maximum absolute atomic E-state index is 8.46. The molecule has 0 amide bonds. The molecule has 0 spiro atoms. The average Bonchev–Trinajstić information content (AvgIpc) is 3.70. The van der Waals surface area contributed by atoms with Crippen molar-refractivity contribution in [3.8, 4) is 101 Å². The molecule has 4 heteroatoms. The van der Waals surface area contributed by atoms with E-state index in [0.29, 0.717) is 23.2 Å². The van der Waals surface area contributed by atoms with E-state index in [0.717, 1.165) is 72.0 Å². The molecule has 64 heavy (non-hydrogen) atoms. The van der Waals surface area contributed by atoms with Crippen LogP contribution < -0.4 is 0 Å². The molecule has 0 radical (unpaired) electrons. The Kier molecular flexibility index (Phi) is 8.84. The van der Waals surface area contributed by atoms with Gasteiger partial charge in [-0.2, -0.15) is 0 Å². The third-order valence-electron chi connectivity index (χ3n) is 12.5. The monoisotopic (exact) mass is 812 g/mol. The van der Waals surface area contributed by atoms with Gasteiger partial charge >= 0.3 is 0 Å². The Labute approximate surface area is 371 Å². The Morgan fingerprint density at radius 1 is 0.281 bits per heavy atom. The van der Waals surface area contributed by atoms with Gasteiger partial charge in [0, 0.05) is 16.7 Å². The van der Waals surface area contributed by atoms with Crippen molar-refractivity contribution in [1.82, 2.24) is 15.0 Å². The number of hydrogen-bond donors (Lipinski definition) is 0. The van der Waals surface area contributed by atoms with Crippen molar-refractivity contribution in [2.24, 2.45) is 0 Å². The molecule has 0 aliphatic heterocycles. The first-order valence-electron chi connectivity index (χ1n) is 21.5. The number of rotatable bonds is 7. The summed E-state index contributed by atoms with van der Waals surface area (Å²) in [4.78, 5) is 19.3. The van der Waals surface area contributed by atoms with Crippen LogP contribution in [0.2, 0.25) is 0 Å². The van der Waals surface area contributed by atoms with E-state index in [1.807, 2.05) is 66.7 Å². The van der Waals surface area contributed by atoms with Gasteiger partial charge in [-0.25, -0.2) is 19.8 Å². The van der Waals surface area contributed by atoms with Gasteiger partial charge in [0.1, 0.15) is 0 Å². The third kappa shape index (κ3) is 6.26. The smallest absolute Gasteiger partial charge is 0.195 e. The van der Waals surface area contributed by atoms with Gasteiger partial charge in [-0.15, -0.1) is 0 Å². The van der Waals surface area contributed by atoms with Gasteiger partial charge in [-0.1, -0.05) is 200 Å². The first-order chi connectivity index (χ1) is 31.7. The van der Waals surface area contributed by atoms with Crippen LogP contribution in [0.25, 0.3) is 127 Å². The molecule has 0 saturated heterocycles. The molecule has 10 aromatic carbocycles. The second-order valence-corrected chi connectivity index (χ2v) is 16.2. The Morgan fingerprint density at radius 3 is 1.55 bits per heavy atom. The summed E-state index contributed by atoms with van der Waals surface area (Å²) in [5, 5.41) is 4.80. The number of nitrogens with zero attached hydrogens (tertiary/aromatic N) is 4. The molecule has 11 aromatic rings. The van der Waals surface area contributed by atoms with Crippen molar-refractivity contribution >= 4 is 27.2 Å². The average molecular weight is 813 g/mol. The number of hydrogen-bond acceptors (Lipinski definition) is 3. The van der Waals surface area contributed by atoms with Crippen LogP contribution in [0.3, 0.4) is 0 Å². The molecule has 12 rings (SSSR count). The fraction of sp³-hybridized carbons (Fsp3) is 0. The van der Waals surface area contributed by atoms with Crippen LogP contribution >= 0.6 is 0 Å². The molecule has 0 atom stereocenters. The molecule has 1 heterocycles.